The first-order chi connectivity index (χ1) is 11.6. The molecule has 1 aromatic heterocycles. The van der Waals surface area contributed by atoms with Gasteiger partial charge in [-0.25, -0.2) is 9.37 Å². The van der Waals surface area contributed by atoms with E-state index in [0.29, 0.717) is 29.0 Å². The summed E-state index contributed by atoms with van der Waals surface area (Å²) in [5.41, 5.74) is 2.40. The maximum absolute atomic E-state index is 13.1. The van der Waals surface area contributed by atoms with Crippen molar-refractivity contribution in [3.63, 3.8) is 0 Å². The number of ether oxygens (including phenoxy) is 2. The zero-order chi connectivity index (χ0) is 17.1. The minimum atomic E-state index is -0.282. The van der Waals surface area contributed by atoms with E-state index < -0.39 is 0 Å². The first-order valence-electron chi connectivity index (χ1n) is 7.48. The van der Waals surface area contributed by atoms with E-state index >= 15 is 0 Å². The van der Waals surface area contributed by atoms with Crippen molar-refractivity contribution in [1.82, 2.24) is 9.97 Å². The Balaban J connectivity index is 1.99. The Morgan fingerprint density at radius 1 is 1.08 bits per heavy atom. The molecule has 0 amide bonds. The summed E-state index contributed by atoms with van der Waals surface area (Å²) in [6.45, 7) is 2.48. The van der Waals surface area contributed by atoms with Gasteiger partial charge in [-0.1, -0.05) is 0 Å². The van der Waals surface area contributed by atoms with Crippen molar-refractivity contribution in [3.05, 3.63) is 48.3 Å². The minimum absolute atomic E-state index is 0.282. The Bertz CT molecular complexity index is 847. The fourth-order valence-electron chi connectivity index (χ4n) is 2.41. The first-order valence-corrected chi connectivity index (χ1v) is 7.93. The van der Waals surface area contributed by atoms with Crippen LogP contribution in [0.3, 0.4) is 0 Å². The number of hydrogen-bond donors (Lipinski definition) is 2. The third-order valence-corrected chi connectivity index (χ3v) is 3.88. The largest absolute Gasteiger partial charge is 0.493 e. The lowest BCUT2D eigenvalue weighted by molar-refractivity contribution is 0.311. The molecule has 0 unspecified atom stereocenters. The third-order valence-electron chi connectivity index (χ3n) is 3.55. The van der Waals surface area contributed by atoms with Crippen molar-refractivity contribution < 1.29 is 13.9 Å². The molecule has 0 radical (unpaired) electrons. The van der Waals surface area contributed by atoms with Gasteiger partial charge in [0, 0.05) is 11.1 Å². The Morgan fingerprint density at radius 2 is 1.79 bits per heavy atom. The second-order valence-electron chi connectivity index (χ2n) is 5.09. The number of aromatic amines is 1. The van der Waals surface area contributed by atoms with Crippen molar-refractivity contribution in [2.24, 2.45) is 0 Å². The van der Waals surface area contributed by atoms with Crippen LogP contribution in [0.2, 0.25) is 0 Å². The molecule has 0 aliphatic heterocycles. The highest BCUT2D eigenvalue weighted by Crippen LogP contribution is 2.34. The van der Waals surface area contributed by atoms with Crippen molar-refractivity contribution >= 4 is 12.6 Å². The van der Waals surface area contributed by atoms with Gasteiger partial charge in [-0.15, -0.1) is 12.6 Å². The standard InChI is InChI=1S/C18H17FN2O2S/c1-3-23-14-9-6-12(10-15(14)22-2)17-20-16(18(24)21-17)11-4-7-13(19)8-5-11/h4-10,24H,3H2,1-2H3,(H,20,21). The second-order valence-corrected chi connectivity index (χ2v) is 5.51. The van der Waals surface area contributed by atoms with Crippen LogP contribution in [0.25, 0.3) is 22.6 Å². The van der Waals surface area contributed by atoms with Crippen molar-refractivity contribution in [3.8, 4) is 34.1 Å². The highest BCUT2D eigenvalue weighted by molar-refractivity contribution is 7.80. The highest BCUT2D eigenvalue weighted by atomic mass is 32.1. The number of hydrogen-bond acceptors (Lipinski definition) is 4. The molecule has 6 heteroatoms. The molecule has 0 aliphatic rings. The van der Waals surface area contributed by atoms with Gasteiger partial charge in [-0.2, -0.15) is 0 Å². The number of nitrogens with zero attached hydrogens (tertiary/aromatic N) is 1. The highest BCUT2D eigenvalue weighted by Gasteiger charge is 2.13. The Kier molecular flexibility index (Phi) is 4.76. The van der Waals surface area contributed by atoms with E-state index in [2.05, 4.69) is 22.6 Å². The normalized spacial score (nSPS) is 10.7. The van der Waals surface area contributed by atoms with E-state index in [-0.39, 0.29) is 5.82 Å². The lowest BCUT2D eigenvalue weighted by Crippen LogP contribution is -1.95. The average Bonchev–Trinajstić information content (AvgIpc) is 2.98. The van der Waals surface area contributed by atoms with Crippen LogP contribution >= 0.6 is 12.6 Å². The number of halogens is 1. The minimum Gasteiger partial charge on any atom is -0.493 e. The van der Waals surface area contributed by atoms with Gasteiger partial charge in [0.1, 0.15) is 16.7 Å². The Morgan fingerprint density at radius 3 is 2.46 bits per heavy atom. The topological polar surface area (TPSA) is 47.1 Å². The summed E-state index contributed by atoms with van der Waals surface area (Å²) in [6, 6.07) is 11.8. The number of benzene rings is 2. The van der Waals surface area contributed by atoms with E-state index in [1.54, 1.807) is 19.2 Å². The van der Waals surface area contributed by atoms with Gasteiger partial charge >= 0.3 is 0 Å². The molecule has 3 rings (SSSR count). The van der Waals surface area contributed by atoms with Crippen molar-refractivity contribution in [2.75, 3.05) is 13.7 Å². The molecule has 124 valence electrons. The quantitative estimate of drug-likeness (QED) is 0.666. The van der Waals surface area contributed by atoms with Gasteiger partial charge in [0.2, 0.25) is 0 Å². The van der Waals surface area contributed by atoms with Gasteiger partial charge in [0.05, 0.1) is 19.4 Å². The van der Waals surface area contributed by atoms with E-state index in [1.165, 1.54) is 12.1 Å². The summed E-state index contributed by atoms with van der Waals surface area (Å²) in [6.07, 6.45) is 0. The molecule has 0 saturated heterocycles. The third kappa shape index (κ3) is 3.23. The maximum atomic E-state index is 13.1. The molecule has 0 aliphatic carbocycles. The molecule has 0 bridgehead atoms. The van der Waals surface area contributed by atoms with Crippen LogP contribution in [0, 0.1) is 5.82 Å². The van der Waals surface area contributed by atoms with Crippen LogP contribution in [0.15, 0.2) is 47.5 Å². The fourth-order valence-corrected chi connectivity index (χ4v) is 2.69. The number of rotatable bonds is 5. The lowest BCUT2D eigenvalue weighted by Gasteiger charge is -2.10. The molecule has 0 fully saturated rings. The van der Waals surface area contributed by atoms with E-state index in [1.807, 2.05) is 25.1 Å². The zero-order valence-corrected chi connectivity index (χ0v) is 14.2. The van der Waals surface area contributed by atoms with Gasteiger partial charge in [-0.3, -0.25) is 0 Å². The van der Waals surface area contributed by atoms with E-state index in [4.69, 9.17) is 9.47 Å². The monoisotopic (exact) mass is 344 g/mol. The Labute approximate surface area is 145 Å². The van der Waals surface area contributed by atoms with Crippen LogP contribution in [0.4, 0.5) is 4.39 Å². The second kappa shape index (κ2) is 6.97. The first kappa shape index (κ1) is 16.4. The fraction of sp³-hybridized carbons (Fsp3) is 0.167. The van der Waals surface area contributed by atoms with Gasteiger partial charge in [0.25, 0.3) is 0 Å². The molecule has 1 N–H and O–H groups in total. The Hall–Kier alpha value is -2.47. The van der Waals surface area contributed by atoms with Crippen LogP contribution in [0.1, 0.15) is 6.92 Å². The number of aromatic nitrogens is 2. The summed E-state index contributed by atoms with van der Waals surface area (Å²) < 4.78 is 24.0. The number of methoxy groups -OCH3 is 1. The summed E-state index contributed by atoms with van der Waals surface area (Å²) in [5, 5.41) is 0.546. The summed E-state index contributed by atoms with van der Waals surface area (Å²) >= 11 is 4.42. The smallest absolute Gasteiger partial charge is 0.161 e. The molecular formula is C18H17FN2O2S. The summed E-state index contributed by atoms with van der Waals surface area (Å²) in [4.78, 5) is 7.68. The van der Waals surface area contributed by atoms with Gasteiger partial charge in [0.15, 0.2) is 11.5 Å². The van der Waals surface area contributed by atoms with E-state index in [9.17, 15) is 4.39 Å². The summed E-state index contributed by atoms with van der Waals surface area (Å²) in [5.74, 6) is 1.69. The lowest BCUT2D eigenvalue weighted by atomic mass is 10.1. The molecule has 0 saturated carbocycles. The molecule has 0 atom stereocenters. The van der Waals surface area contributed by atoms with Gasteiger partial charge in [-0.05, 0) is 49.4 Å². The van der Waals surface area contributed by atoms with Crippen LogP contribution in [-0.2, 0) is 0 Å². The predicted octanol–water partition coefficient (Wildman–Crippen LogP) is 4.58. The zero-order valence-electron chi connectivity index (χ0n) is 13.3. The van der Waals surface area contributed by atoms with Crippen molar-refractivity contribution in [2.45, 2.75) is 11.9 Å². The maximum Gasteiger partial charge on any atom is 0.161 e. The van der Waals surface area contributed by atoms with Crippen LogP contribution in [0.5, 0.6) is 11.5 Å². The van der Waals surface area contributed by atoms with Crippen molar-refractivity contribution in [1.29, 1.82) is 0 Å². The van der Waals surface area contributed by atoms with Crippen LogP contribution < -0.4 is 9.47 Å². The molecule has 24 heavy (non-hydrogen) atoms. The molecule has 2 aromatic carbocycles. The SMILES string of the molecule is CCOc1ccc(-c2nc(S)c(-c3ccc(F)cc3)[nH]2)cc1OC. The van der Waals surface area contributed by atoms with E-state index in [0.717, 1.165) is 16.8 Å². The number of thiol groups is 1. The number of imidazole rings is 1. The molecular weight excluding hydrogens is 327 g/mol. The predicted molar refractivity (Wildman–Crippen MR) is 94.4 cm³/mol. The van der Waals surface area contributed by atoms with Gasteiger partial charge < -0.3 is 14.5 Å². The molecule has 4 nitrogen and oxygen atoms in total. The number of nitrogens with one attached hydrogen (secondary N) is 1. The molecule has 3 aromatic rings. The number of H-pyrrole nitrogens is 1. The molecule has 0 spiro atoms. The summed E-state index contributed by atoms with van der Waals surface area (Å²) in [7, 11) is 1.59. The average molecular weight is 344 g/mol. The molecule has 1 heterocycles. The van der Waals surface area contributed by atoms with Crippen LogP contribution in [-0.4, -0.2) is 23.7 Å².